The minimum Gasteiger partial charge on any atom is -0.506 e. The van der Waals surface area contributed by atoms with Gasteiger partial charge < -0.3 is 10.4 Å². The molecule has 1 aromatic carbocycles. The zero-order valence-electron chi connectivity index (χ0n) is 10.3. The number of phenols is 1. The summed E-state index contributed by atoms with van der Waals surface area (Å²) in [4.78, 5) is 0. The Morgan fingerprint density at radius 3 is 2.88 bits per heavy atom. The number of aryl methyl sites for hydroxylation is 1. The third-order valence-electron chi connectivity index (χ3n) is 3.49. The van der Waals surface area contributed by atoms with E-state index in [1.165, 1.54) is 24.8 Å². The minimum absolute atomic E-state index is 0.260. The van der Waals surface area contributed by atoms with Gasteiger partial charge in [0.25, 0.3) is 0 Å². The molecule has 1 aliphatic rings. The maximum atomic E-state index is 9.99. The van der Waals surface area contributed by atoms with Gasteiger partial charge in [-0.25, -0.2) is 0 Å². The van der Waals surface area contributed by atoms with Crippen LogP contribution in [0.5, 0.6) is 5.75 Å². The van der Waals surface area contributed by atoms with Gasteiger partial charge in [0, 0.05) is 6.04 Å². The lowest BCUT2D eigenvalue weighted by Gasteiger charge is -2.24. The second-order valence-corrected chi connectivity index (χ2v) is 5.20. The van der Waals surface area contributed by atoms with E-state index in [2.05, 4.69) is 18.3 Å². The average Bonchev–Trinajstić information content (AvgIpc) is 2.36. The first kappa shape index (κ1) is 12.7. The highest BCUT2D eigenvalue weighted by Crippen LogP contribution is 2.31. The highest BCUT2D eigenvalue weighted by molar-refractivity contribution is 6.32. The van der Waals surface area contributed by atoms with Crippen LogP contribution in [0.3, 0.4) is 0 Å². The van der Waals surface area contributed by atoms with Crippen LogP contribution in [-0.4, -0.2) is 17.7 Å². The Morgan fingerprint density at radius 1 is 1.41 bits per heavy atom. The van der Waals surface area contributed by atoms with Crippen LogP contribution in [-0.2, 0) is 12.8 Å². The maximum absolute atomic E-state index is 9.99. The number of hydrogen-bond donors (Lipinski definition) is 2. The fourth-order valence-corrected chi connectivity index (χ4v) is 2.70. The molecular formula is C14H20ClNO. The average molecular weight is 254 g/mol. The molecule has 2 rings (SSSR count). The Labute approximate surface area is 108 Å². The Kier molecular flexibility index (Phi) is 4.30. The molecule has 94 valence electrons. The predicted molar refractivity (Wildman–Crippen MR) is 71.8 cm³/mol. The molecule has 0 spiro atoms. The molecule has 1 aliphatic heterocycles. The summed E-state index contributed by atoms with van der Waals surface area (Å²) in [6.45, 7) is 3.19. The smallest absolute Gasteiger partial charge is 0.137 e. The summed E-state index contributed by atoms with van der Waals surface area (Å²) in [6.07, 6.45) is 5.55. The van der Waals surface area contributed by atoms with Gasteiger partial charge in [-0.1, -0.05) is 31.0 Å². The molecule has 0 amide bonds. The van der Waals surface area contributed by atoms with Gasteiger partial charge in [-0.15, -0.1) is 0 Å². The molecule has 0 aliphatic carbocycles. The van der Waals surface area contributed by atoms with Crippen LogP contribution in [0.2, 0.25) is 5.02 Å². The summed E-state index contributed by atoms with van der Waals surface area (Å²) in [6, 6.07) is 4.42. The van der Waals surface area contributed by atoms with Gasteiger partial charge in [-0.2, -0.15) is 0 Å². The zero-order chi connectivity index (χ0) is 12.3. The third kappa shape index (κ3) is 3.14. The van der Waals surface area contributed by atoms with Gasteiger partial charge in [0.1, 0.15) is 5.75 Å². The van der Waals surface area contributed by atoms with Crippen molar-refractivity contribution in [3.8, 4) is 5.75 Å². The highest BCUT2D eigenvalue weighted by atomic mass is 35.5. The molecule has 1 aromatic rings. The quantitative estimate of drug-likeness (QED) is 0.867. The van der Waals surface area contributed by atoms with Crippen LogP contribution in [0.15, 0.2) is 12.1 Å². The molecule has 2 N–H and O–H groups in total. The summed E-state index contributed by atoms with van der Waals surface area (Å²) in [5, 5.41) is 14.0. The summed E-state index contributed by atoms with van der Waals surface area (Å²) in [5.41, 5.74) is 2.17. The van der Waals surface area contributed by atoms with Crippen molar-refractivity contribution in [1.82, 2.24) is 5.32 Å². The number of nitrogens with one attached hydrogen (secondary N) is 1. The molecule has 17 heavy (non-hydrogen) atoms. The Balaban J connectivity index is 2.15. The Hall–Kier alpha value is -0.730. The van der Waals surface area contributed by atoms with Crippen molar-refractivity contribution in [1.29, 1.82) is 0 Å². The molecular weight excluding hydrogens is 234 g/mol. The fraction of sp³-hybridized carbons (Fsp3) is 0.571. The number of hydrogen-bond acceptors (Lipinski definition) is 2. The van der Waals surface area contributed by atoms with E-state index in [9.17, 15) is 5.11 Å². The van der Waals surface area contributed by atoms with E-state index in [0.29, 0.717) is 11.1 Å². The largest absolute Gasteiger partial charge is 0.506 e. The number of aromatic hydroxyl groups is 1. The van der Waals surface area contributed by atoms with Gasteiger partial charge in [0.2, 0.25) is 0 Å². The van der Waals surface area contributed by atoms with Crippen molar-refractivity contribution >= 4 is 11.6 Å². The van der Waals surface area contributed by atoms with Crippen LogP contribution < -0.4 is 5.32 Å². The molecule has 1 heterocycles. The van der Waals surface area contributed by atoms with Gasteiger partial charge in [0.15, 0.2) is 0 Å². The summed E-state index contributed by atoms with van der Waals surface area (Å²) in [7, 11) is 0. The molecule has 1 fully saturated rings. The fourth-order valence-electron chi connectivity index (χ4n) is 2.44. The van der Waals surface area contributed by atoms with Crippen molar-refractivity contribution in [2.45, 2.75) is 45.1 Å². The van der Waals surface area contributed by atoms with Gasteiger partial charge in [0.05, 0.1) is 5.02 Å². The first-order chi connectivity index (χ1) is 8.20. The van der Waals surface area contributed by atoms with E-state index in [4.69, 9.17) is 11.6 Å². The monoisotopic (exact) mass is 253 g/mol. The third-order valence-corrected chi connectivity index (χ3v) is 3.78. The number of halogens is 1. The molecule has 1 unspecified atom stereocenters. The number of piperidine rings is 1. The molecule has 1 atom stereocenters. The summed E-state index contributed by atoms with van der Waals surface area (Å²) in [5.74, 6) is 0.260. The summed E-state index contributed by atoms with van der Waals surface area (Å²) >= 11 is 6.05. The first-order valence-electron chi connectivity index (χ1n) is 6.44. The van der Waals surface area contributed by atoms with Gasteiger partial charge >= 0.3 is 0 Å². The minimum atomic E-state index is 0.260. The van der Waals surface area contributed by atoms with E-state index in [-0.39, 0.29) is 5.75 Å². The number of benzene rings is 1. The van der Waals surface area contributed by atoms with E-state index >= 15 is 0 Å². The maximum Gasteiger partial charge on any atom is 0.137 e. The van der Waals surface area contributed by atoms with Crippen LogP contribution in [0.4, 0.5) is 0 Å². The second kappa shape index (κ2) is 5.74. The standard InChI is InChI=1S/C14H20ClNO/c1-2-10-7-11(14(17)13(15)8-10)9-12-5-3-4-6-16-12/h7-8,12,16-17H,2-6,9H2,1H3. The number of rotatable bonds is 3. The lowest BCUT2D eigenvalue weighted by atomic mass is 9.96. The van der Waals surface area contributed by atoms with Crippen LogP contribution in [0, 0.1) is 0 Å². The van der Waals surface area contributed by atoms with E-state index in [1.54, 1.807) is 0 Å². The van der Waals surface area contributed by atoms with Crippen LogP contribution >= 0.6 is 11.6 Å². The molecule has 0 saturated carbocycles. The van der Waals surface area contributed by atoms with Crippen molar-refractivity contribution in [2.24, 2.45) is 0 Å². The lowest BCUT2D eigenvalue weighted by Crippen LogP contribution is -2.35. The van der Waals surface area contributed by atoms with Crippen LogP contribution in [0.25, 0.3) is 0 Å². The molecule has 1 saturated heterocycles. The van der Waals surface area contributed by atoms with Crippen LogP contribution in [0.1, 0.15) is 37.3 Å². The summed E-state index contributed by atoms with van der Waals surface area (Å²) < 4.78 is 0. The normalized spacial score (nSPS) is 20.5. The van der Waals surface area contributed by atoms with Crippen molar-refractivity contribution in [3.63, 3.8) is 0 Å². The lowest BCUT2D eigenvalue weighted by molar-refractivity contribution is 0.391. The Bertz CT molecular complexity index is 386. The van der Waals surface area contributed by atoms with E-state index in [1.807, 2.05) is 6.07 Å². The highest BCUT2D eigenvalue weighted by Gasteiger charge is 2.16. The SMILES string of the molecule is CCc1cc(Cl)c(O)c(CC2CCCCN2)c1. The van der Waals surface area contributed by atoms with Crippen molar-refractivity contribution < 1.29 is 5.11 Å². The van der Waals surface area contributed by atoms with Crippen molar-refractivity contribution in [3.05, 3.63) is 28.3 Å². The molecule has 0 aromatic heterocycles. The molecule has 2 nitrogen and oxygen atoms in total. The topological polar surface area (TPSA) is 32.3 Å². The van der Waals surface area contributed by atoms with E-state index in [0.717, 1.165) is 24.9 Å². The predicted octanol–water partition coefficient (Wildman–Crippen LogP) is 3.29. The second-order valence-electron chi connectivity index (χ2n) is 4.79. The number of phenolic OH excluding ortho intramolecular Hbond substituents is 1. The molecule has 0 radical (unpaired) electrons. The molecule has 0 bridgehead atoms. The molecule has 3 heteroatoms. The zero-order valence-corrected chi connectivity index (χ0v) is 11.1. The van der Waals surface area contributed by atoms with E-state index < -0.39 is 0 Å². The van der Waals surface area contributed by atoms with Gasteiger partial charge in [-0.3, -0.25) is 0 Å². The Morgan fingerprint density at radius 2 is 2.24 bits per heavy atom. The van der Waals surface area contributed by atoms with Gasteiger partial charge in [-0.05, 0) is 49.4 Å². The first-order valence-corrected chi connectivity index (χ1v) is 6.82. The van der Waals surface area contributed by atoms with Crippen molar-refractivity contribution in [2.75, 3.05) is 6.54 Å².